The summed E-state index contributed by atoms with van der Waals surface area (Å²) in [6.07, 6.45) is 0.609. The first-order valence-corrected chi connectivity index (χ1v) is 11.5. The standard InChI is InChI=1S/C19H28N4O4S/c1-2-10-28(25,26)22-14-19(15-22)13-21(11-17-12-27-9-8-23(17)19)18(24)20-16-6-4-3-5-7-16/h3-7,17H,2,8-15H2,1H3,(H,20,24)/t17-/m1/s1. The number of rotatable bonds is 4. The van der Waals surface area contributed by atoms with E-state index >= 15 is 0 Å². The summed E-state index contributed by atoms with van der Waals surface area (Å²) in [7, 11) is -3.22. The predicted octanol–water partition coefficient (Wildman–Crippen LogP) is 1.03. The van der Waals surface area contributed by atoms with Crippen LogP contribution in [-0.4, -0.2) is 91.8 Å². The zero-order chi connectivity index (χ0) is 19.8. The SMILES string of the molecule is CCCS(=O)(=O)N1CC2(CN(C(=O)Nc3ccccc3)C[C@@H]3COCCN32)C1. The molecule has 0 saturated carbocycles. The van der Waals surface area contributed by atoms with Crippen LogP contribution in [0.2, 0.25) is 0 Å². The molecule has 3 fully saturated rings. The number of anilines is 1. The monoisotopic (exact) mass is 408 g/mol. The van der Waals surface area contributed by atoms with E-state index in [4.69, 9.17) is 4.74 Å². The van der Waals surface area contributed by atoms with E-state index in [2.05, 4.69) is 10.2 Å². The number of hydrogen-bond acceptors (Lipinski definition) is 5. The molecule has 154 valence electrons. The summed E-state index contributed by atoms with van der Waals surface area (Å²) in [4.78, 5) is 17.1. The van der Waals surface area contributed by atoms with Crippen molar-refractivity contribution in [3.8, 4) is 0 Å². The number of amides is 2. The molecular formula is C19H28N4O4S. The molecule has 3 saturated heterocycles. The van der Waals surface area contributed by atoms with Crippen molar-refractivity contribution < 1.29 is 17.9 Å². The maximum atomic E-state index is 12.9. The fraction of sp³-hybridized carbons (Fsp3) is 0.632. The average Bonchev–Trinajstić information content (AvgIpc) is 2.66. The summed E-state index contributed by atoms with van der Waals surface area (Å²) in [5, 5.41) is 2.95. The molecule has 3 aliphatic rings. The molecule has 4 rings (SSSR count). The molecule has 1 aromatic rings. The number of urea groups is 1. The van der Waals surface area contributed by atoms with Crippen LogP contribution in [0.4, 0.5) is 10.5 Å². The lowest BCUT2D eigenvalue weighted by Gasteiger charge is -2.62. The number of fused-ring (bicyclic) bond motifs is 2. The number of nitrogens with one attached hydrogen (secondary N) is 1. The van der Waals surface area contributed by atoms with Crippen molar-refractivity contribution in [2.24, 2.45) is 0 Å². The fourth-order valence-electron chi connectivity index (χ4n) is 4.55. The van der Waals surface area contributed by atoms with Crippen LogP contribution in [0.3, 0.4) is 0 Å². The zero-order valence-electron chi connectivity index (χ0n) is 16.2. The molecule has 3 aliphatic heterocycles. The Hall–Kier alpha value is -1.68. The molecule has 1 aromatic carbocycles. The molecule has 0 radical (unpaired) electrons. The first-order chi connectivity index (χ1) is 13.4. The summed E-state index contributed by atoms with van der Waals surface area (Å²) in [6, 6.07) is 9.33. The number of hydrogen-bond donors (Lipinski definition) is 1. The van der Waals surface area contributed by atoms with Gasteiger partial charge in [0, 0.05) is 38.4 Å². The average molecular weight is 409 g/mol. The second-order valence-electron chi connectivity index (χ2n) is 7.91. The topological polar surface area (TPSA) is 82.2 Å². The highest BCUT2D eigenvalue weighted by Gasteiger charge is 2.57. The number of benzene rings is 1. The van der Waals surface area contributed by atoms with Gasteiger partial charge in [-0.05, 0) is 18.6 Å². The highest BCUT2D eigenvalue weighted by molar-refractivity contribution is 7.89. The molecule has 1 atom stereocenters. The summed E-state index contributed by atoms with van der Waals surface area (Å²) < 4.78 is 32.1. The molecule has 8 nitrogen and oxygen atoms in total. The van der Waals surface area contributed by atoms with Gasteiger partial charge in [0.2, 0.25) is 10.0 Å². The normalized spacial score (nSPS) is 25.2. The number of nitrogens with zero attached hydrogens (tertiary/aromatic N) is 3. The van der Waals surface area contributed by atoms with Gasteiger partial charge >= 0.3 is 6.03 Å². The minimum atomic E-state index is -3.22. The fourth-order valence-corrected chi connectivity index (χ4v) is 6.20. The molecule has 0 aliphatic carbocycles. The van der Waals surface area contributed by atoms with Gasteiger partial charge in [-0.1, -0.05) is 25.1 Å². The lowest BCUT2D eigenvalue weighted by atomic mass is 9.84. The van der Waals surface area contributed by atoms with Gasteiger partial charge in [0.1, 0.15) is 0 Å². The summed E-state index contributed by atoms with van der Waals surface area (Å²) in [5.74, 6) is 0.174. The number of sulfonamides is 1. The Morgan fingerprint density at radius 3 is 2.71 bits per heavy atom. The van der Waals surface area contributed by atoms with Gasteiger partial charge in [0.15, 0.2) is 0 Å². The van der Waals surface area contributed by atoms with E-state index in [0.717, 1.165) is 12.2 Å². The molecule has 28 heavy (non-hydrogen) atoms. The van der Waals surface area contributed by atoms with E-state index in [-0.39, 0.29) is 23.4 Å². The van der Waals surface area contributed by atoms with E-state index in [9.17, 15) is 13.2 Å². The minimum Gasteiger partial charge on any atom is -0.378 e. The maximum Gasteiger partial charge on any atom is 0.321 e. The Morgan fingerprint density at radius 2 is 2.00 bits per heavy atom. The lowest BCUT2D eigenvalue weighted by molar-refractivity contribution is -0.139. The lowest BCUT2D eigenvalue weighted by Crippen LogP contribution is -2.81. The Morgan fingerprint density at radius 1 is 1.25 bits per heavy atom. The molecule has 0 bridgehead atoms. The Balaban J connectivity index is 1.50. The summed E-state index contributed by atoms with van der Waals surface area (Å²) in [6.45, 7) is 5.88. The number of para-hydroxylation sites is 1. The third-order valence-electron chi connectivity index (χ3n) is 5.86. The molecule has 0 aromatic heterocycles. The van der Waals surface area contributed by atoms with Gasteiger partial charge in [0.25, 0.3) is 0 Å². The maximum absolute atomic E-state index is 12.9. The van der Waals surface area contributed by atoms with Gasteiger partial charge in [-0.15, -0.1) is 0 Å². The smallest absolute Gasteiger partial charge is 0.321 e. The van der Waals surface area contributed by atoms with Gasteiger partial charge in [0.05, 0.1) is 30.5 Å². The van der Waals surface area contributed by atoms with Crippen LogP contribution in [0, 0.1) is 0 Å². The molecule has 9 heteroatoms. The van der Waals surface area contributed by atoms with Gasteiger partial charge < -0.3 is 15.0 Å². The number of morpholine rings is 1. The highest BCUT2D eigenvalue weighted by Crippen LogP contribution is 2.37. The van der Waals surface area contributed by atoms with Crippen LogP contribution in [-0.2, 0) is 14.8 Å². The predicted molar refractivity (Wildman–Crippen MR) is 107 cm³/mol. The van der Waals surface area contributed by atoms with Crippen molar-refractivity contribution >= 4 is 21.7 Å². The zero-order valence-corrected chi connectivity index (χ0v) is 17.0. The highest BCUT2D eigenvalue weighted by atomic mass is 32.2. The van der Waals surface area contributed by atoms with E-state index in [1.165, 1.54) is 0 Å². The third kappa shape index (κ3) is 3.63. The first kappa shape index (κ1) is 19.6. The van der Waals surface area contributed by atoms with Crippen molar-refractivity contribution in [1.82, 2.24) is 14.1 Å². The van der Waals surface area contributed by atoms with Crippen molar-refractivity contribution in [3.63, 3.8) is 0 Å². The largest absolute Gasteiger partial charge is 0.378 e. The van der Waals surface area contributed by atoms with Crippen LogP contribution in [0.15, 0.2) is 30.3 Å². The number of carbonyl (C=O) groups is 1. The number of ether oxygens (including phenoxy) is 1. The summed E-state index contributed by atoms with van der Waals surface area (Å²) in [5.41, 5.74) is 0.436. The molecular weight excluding hydrogens is 380 g/mol. The summed E-state index contributed by atoms with van der Waals surface area (Å²) >= 11 is 0. The van der Waals surface area contributed by atoms with Gasteiger partial charge in [-0.3, -0.25) is 4.90 Å². The number of piperazine rings is 1. The molecule has 3 heterocycles. The van der Waals surface area contributed by atoms with Crippen LogP contribution < -0.4 is 5.32 Å². The van der Waals surface area contributed by atoms with Crippen LogP contribution >= 0.6 is 0 Å². The minimum absolute atomic E-state index is 0.0973. The van der Waals surface area contributed by atoms with Crippen molar-refractivity contribution in [2.45, 2.75) is 24.9 Å². The Kier molecular flexibility index (Phi) is 5.34. The van der Waals surface area contributed by atoms with Crippen molar-refractivity contribution in [1.29, 1.82) is 0 Å². The van der Waals surface area contributed by atoms with Crippen molar-refractivity contribution in [2.75, 3.05) is 57.0 Å². The molecule has 2 amide bonds. The van der Waals surface area contributed by atoms with Gasteiger partial charge in [-0.2, -0.15) is 4.31 Å². The third-order valence-corrected chi connectivity index (χ3v) is 7.83. The second kappa shape index (κ2) is 7.62. The van der Waals surface area contributed by atoms with E-state index in [1.54, 1.807) is 4.31 Å². The molecule has 1 spiro atoms. The van der Waals surface area contributed by atoms with E-state index in [1.807, 2.05) is 42.2 Å². The molecule has 1 N–H and O–H groups in total. The van der Waals surface area contributed by atoms with Crippen LogP contribution in [0.1, 0.15) is 13.3 Å². The van der Waals surface area contributed by atoms with Crippen LogP contribution in [0.25, 0.3) is 0 Å². The quantitative estimate of drug-likeness (QED) is 0.805. The van der Waals surface area contributed by atoms with E-state index in [0.29, 0.717) is 45.8 Å². The van der Waals surface area contributed by atoms with E-state index < -0.39 is 10.0 Å². The Bertz CT molecular complexity index is 810. The van der Waals surface area contributed by atoms with Crippen LogP contribution in [0.5, 0.6) is 0 Å². The molecule has 0 unspecified atom stereocenters. The second-order valence-corrected chi connectivity index (χ2v) is 10.00. The van der Waals surface area contributed by atoms with Gasteiger partial charge in [-0.25, -0.2) is 13.2 Å². The first-order valence-electron chi connectivity index (χ1n) is 9.87. The van der Waals surface area contributed by atoms with Crippen molar-refractivity contribution in [3.05, 3.63) is 30.3 Å². The Labute approximate surface area is 166 Å². The number of carbonyl (C=O) groups excluding carboxylic acids is 1.